The van der Waals surface area contributed by atoms with Gasteiger partial charge < -0.3 is 9.47 Å². The van der Waals surface area contributed by atoms with Gasteiger partial charge in [0.15, 0.2) is 0 Å². The van der Waals surface area contributed by atoms with E-state index in [-0.39, 0.29) is 5.41 Å². The van der Waals surface area contributed by atoms with Gasteiger partial charge in [-0.3, -0.25) is 5.32 Å². The van der Waals surface area contributed by atoms with Crippen LogP contribution in [0.2, 0.25) is 0 Å². The van der Waals surface area contributed by atoms with Crippen LogP contribution in [0.25, 0.3) is 10.9 Å². The lowest BCUT2D eigenvalue weighted by atomic mass is 9.83. The first-order valence-electron chi connectivity index (χ1n) is 11.2. The van der Waals surface area contributed by atoms with Crippen molar-refractivity contribution >= 4 is 23.5 Å². The van der Waals surface area contributed by atoms with Crippen molar-refractivity contribution in [2.24, 2.45) is 10.2 Å². The van der Waals surface area contributed by atoms with Gasteiger partial charge in [-0.25, -0.2) is 4.98 Å². The lowest BCUT2D eigenvalue weighted by Gasteiger charge is -2.23. The molecule has 0 unspecified atom stereocenters. The Morgan fingerprint density at radius 3 is 2.45 bits per heavy atom. The smallest absolute Gasteiger partial charge is 0.260 e. The molecule has 1 aliphatic heterocycles. The number of aromatic nitrogens is 1. The van der Waals surface area contributed by atoms with Crippen molar-refractivity contribution in [1.29, 1.82) is 0 Å². The third kappa shape index (κ3) is 6.11. The van der Waals surface area contributed by atoms with Crippen molar-refractivity contribution in [2.45, 2.75) is 64.7 Å². The average Bonchev–Trinajstić information content (AvgIpc) is 3.40. The summed E-state index contributed by atoms with van der Waals surface area (Å²) in [6.07, 6.45) is 5.14. The van der Waals surface area contributed by atoms with Crippen LogP contribution in [0.3, 0.4) is 0 Å². The van der Waals surface area contributed by atoms with Crippen molar-refractivity contribution in [3.8, 4) is 0 Å². The Hall–Kier alpha value is -2.31. The topological polar surface area (TPSA) is 68.1 Å². The molecule has 1 aromatic carbocycles. The summed E-state index contributed by atoms with van der Waals surface area (Å²) in [4.78, 5) is 4.92. The zero-order valence-corrected chi connectivity index (χ0v) is 19.6. The molecule has 31 heavy (non-hydrogen) atoms. The number of fused-ring (bicyclic) bond motifs is 1. The standard InChI is InChI=1S/C21H28N4O.C4H8O/c1-13-9-18(20(25-23-6)26-12-22-5)24-19-16(13)10-15(14-7-8-14)11-17(19)21(2,3)4;1-2-4-5-3-1/h9-11,14,22H,6-8,12H2,1-5H3;1-4H2/b25-20-;. The molecule has 1 aromatic heterocycles. The second-order valence-corrected chi connectivity index (χ2v) is 9.32. The Labute approximate surface area is 186 Å². The van der Waals surface area contributed by atoms with E-state index in [1.807, 2.05) is 13.1 Å². The van der Waals surface area contributed by atoms with Crippen molar-refractivity contribution in [3.63, 3.8) is 0 Å². The average molecular weight is 425 g/mol. The quantitative estimate of drug-likeness (QED) is 0.315. The SMILES string of the molecule is C1CCOC1.C=N/N=C(\OCNC)c1cc(C)c2cc(C3CC3)cc(C(C)(C)C)c2n1. The molecule has 0 spiro atoms. The summed E-state index contributed by atoms with van der Waals surface area (Å²) in [6.45, 7) is 14.6. The van der Waals surface area contributed by atoms with E-state index in [4.69, 9.17) is 14.5 Å². The molecule has 0 radical (unpaired) electrons. The Balaban J connectivity index is 0.000000478. The van der Waals surface area contributed by atoms with Crippen LogP contribution in [0.15, 0.2) is 28.4 Å². The van der Waals surface area contributed by atoms with Gasteiger partial charge in [0.05, 0.1) is 5.52 Å². The number of nitrogens with one attached hydrogen (secondary N) is 1. The van der Waals surface area contributed by atoms with Crippen LogP contribution in [-0.4, -0.2) is 44.6 Å². The van der Waals surface area contributed by atoms with Gasteiger partial charge in [0.25, 0.3) is 5.90 Å². The molecule has 0 atom stereocenters. The number of pyridine rings is 1. The molecule has 2 heterocycles. The minimum atomic E-state index is 0.00103. The highest BCUT2D eigenvalue weighted by Crippen LogP contribution is 2.43. The number of hydrogen-bond acceptors (Lipinski definition) is 6. The summed E-state index contributed by atoms with van der Waals surface area (Å²) >= 11 is 0. The van der Waals surface area contributed by atoms with Crippen LogP contribution in [0.5, 0.6) is 0 Å². The fourth-order valence-electron chi connectivity index (χ4n) is 3.72. The van der Waals surface area contributed by atoms with Crippen molar-refractivity contribution in [3.05, 3.63) is 40.6 Å². The Morgan fingerprint density at radius 1 is 1.23 bits per heavy atom. The van der Waals surface area contributed by atoms with Crippen LogP contribution in [0.1, 0.15) is 74.8 Å². The molecule has 1 N–H and O–H groups in total. The van der Waals surface area contributed by atoms with E-state index in [1.54, 1.807) is 0 Å². The number of rotatable bonds is 5. The summed E-state index contributed by atoms with van der Waals surface area (Å²) in [5.74, 6) is 1.09. The number of aryl methyl sites for hydroxylation is 1. The maximum absolute atomic E-state index is 5.66. The normalized spacial score (nSPS) is 16.7. The third-order valence-corrected chi connectivity index (χ3v) is 5.56. The maximum Gasteiger partial charge on any atom is 0.260 e. The van der Waals surface area contributed by atoms with Gasteiger partial charge in [0, 0.05) is 25.3 Å². The number of ether oxygens (including phenoxy) is 2. The fraction of sp³-hybridized carbons (Fsp3) is 0.560. The monoisotopic (exact) mass is 424 g/mol. The van der Waals surface area contributed by atoms with Crippen LogP contribution in [0.4, 0.5) is 0 Å². The third-order valence-electron chi connectivity index (χ3n) is 5.56. The van der Waals surface area contributed by atoms with E-state index in [0.717, 1.165) is 18.7 Å². The van der Waals surface area contributed by atoms with Gasteiger partial charge in [0.1, 0.15) is 12.4 Å². The van der Waals surface area contributed by atoms with E-state index in [0.29, 0.717) is 24.2 Å². The van der Waals surface area contributed by atoms with Crippen LogP contribution in [-0.2, 0) is 14.9 Å². The summed E-state index contributed by atoms with van der Waals surface area (Å²) in [5, 5.41) is 11.8. The fourth-order valence-corrected chi connectivity index (χ4v) is 3.72. The predicted molar refractivity (Wildman–Crippen MR) is 128 cm³/mol. The second kappa shape index (κ2) is 10.3. The zero-order chi connectivity index (χ0) is 22.4. The van der Waals surface area contributed by atoms with Gasteiger partial charge >= 0.3 is 0 Å². The molecule has 2 aliphatic rings. The molecule has 2 fully saturated rings. The summed E-state index contributed by atoms with van der Waals surface area (Å²) < 4.78 is 10.6. The summed E-state index contributed by atoms with van der Waals surface area (Å²) in [7, 11) is 1.81. The Kier molecular flexibility index (Phi) is 7.79. The van der Waals surface area contributed by atoms with Crippen LogP contribution < -0.4 is 5.32 Å². The molecule has 0 amide bonds. The van der Waals surface area contributed by atoms with Crippen LogP contribution >= 0.6 is 0 Å². The lowest BCUT2D eigenvalue weighted by molar-refractivity contribution is 0.198. The molecule has 1 saturated heterocycles. The molecule has 2 aromatic rings. The zero-order valence-electron chi connectivity index (χ0n) is 19.6. The van der Waals surface area contributed by atoms with E-state index in [9.17, 15) is 0 Å². The first-order chi connectivity index (χ1) is 14.8. The van der Waals surface area contributed by atoms with E-state index in [2.05, 4.69) is 62.1 Å². The first-order valence-corrected chi connectivity index (χ1v) is 11.2. The van der Waals surface area contributed by atoms with E-state index < -0.39 is 0 Å². The van der Waals surface area contributed by atoms with Gasteiger partial charge in [0.2, 0.25) is 0 Å². The summed E-state index contributed by atoms with van der Waals surface area (Å²) in [5.41, 5.74) is 5.57. The highest BCUT2D eigenvalue weighted by atomic mass is 16.5. The largest absolute Gasteiger partial charge is 0.459 e. The Morgan fingerprint density at radius 2 is 1.94 bits per heavy atom. The molecular weight excluding hydrogens is 388 g/mol. The van der Waals surface area contributed by atoms with Gasteiger partial charge in [-0.05, 0) is 79.8 Å². The molecule has 168 valence electrons. The second-order valence-electron chi connectivity index (χ2n) is 9.32. The van der Waals surface area contributed by atoms with E-state index >= 15 is 0 Å². The first kappa shape index (κ1) is 23.4. The predicted octanol–water partition coefficient (Wildman–Crippen LogP) is 5.07. The highest BCUT2D eigenvalue weighted by Gasteiger charge is 2.28. The van der Waals surface area contributed by atoms with Crippen molar-refractivity contribution in [2.75, 3.05) is 27.0 Å². The van der Waals surface area contributed by atoms with Crippen LogP contribution in [0, 0.1) is 6.92 Å². The van der Waals surface area contributed by atoms with Crippen molar-refractivity contribution in [1.82, 2.24) is 10.3 Å². The van der Waals surface area contributed by atoms with Gasteiger partial charge in [-0.15, -0.1) is 5.10 Å². The minimum absolute atomic E-state index is 0.00103. The number of benzene rings is 1. The molecule has 4 rings (SSSR count). The number of nitrogens with zero attached hydrogens (tertiary/aromatic N) is 3. The van der Waals surface area contributed by atoms with E-state index in [1.165, 1.54) is 47.8 Å². The maximum atomic E-state index is 5.66. The molecular formula is C25H36N4O2. The van der Waals surface area contributed by atoms with Gasteiger partial charge in [-0.2, -0.15) is 5.10 Å². The minimum Gasteiger partial charge on any atom is -0.459 e. The lowest BCUT2D eigenvalue weighted by Crippen LogP contribution is -2.19. The number of hydrogen-bond donors (Lipinski definition) is 1. The van der Waals surface area contributed by atoms with Crippen molar-refractivity contribution < 1.29 is 9.47 Å². The molecule has 1 aliphatic carbocycles. The highest BCUT2D eigenvalue weighted by molar-refractivity contribution is 5.97. The Bertz CT molecular complexity index is 931. The summed E-state index contributed by atoms with van der Waals surface area (Å²) in [6, 6.07) is 6.67. The molecule has 6 nitrogen and oxygen atoms in total. The van der Waals surface area contributed by atoms with Gasteiger partial charge in [-0.1, -0.05) is 26.8 Å². The molecule has 1 saturated carbocycles. The molecule has 0 bridgehead atoms. The molecule has 6 heteroatoms.